The van der Waals surface area contributed by atoms with Crippen molar-refractivity contribution in [3.63, 3.8) is 0 Å². The van der Waals surface area contributed by atoms with Gasteiger partial charge in [-0.3, -0.25) is 0 Å². The zero-order valence-electron chi connectivity index (χ0n) is 11.1. The average molecular weight is 273 g/mol. The van der Waals surface area contributed by atoms with E-state index >= 15 is 0 Å². The molecule has 0 saturated carbocycles. The highest BCUT2D eigenvalue weighted by Gasteiger charge is 2.12. The van der Waals surface area contributed by atoms with Crippen LogP contribution in [0.2, 0.25) is 0 Å². The molecule has 19 heavy (non-hydrogen) atoms. The maximum Gasteiger partial charge on any atom is 0.224 e. The van der Waals surface area contributed by atoms with E-state index in [0.29, 0.717) is 11.6 Å². The predicted octanol–water partition coefficient (Wildman–Crippen LogP) is 2.85. The van der Waals surface area contributed by atoms with E-state index in [4.69, 9.17) is 5.26 Å². The van der Waals surface area contributed by atoms with Gasteiger partial charge >= 0.3 is 0 Å². The van der Waals surface area contributed by atoms with E-state index in [1.807, 2.05) is 26.1 Å². The standard InChI is InChI=1S/C13H15N5S/c1-4-11-7-15-12(19-11)9(3)17-13-16-8(2)5-10(6-14)18-13/h5,7,9H,4H2,1-3H3,(H,16,17,18). The molecule has 6 heteroatoms. The molecule has 1 unspecified atom stereocenters. The Bertz CT molecular complexity index is 614. The monoisotopic (exact) mass is 273 g/mol. The Morgan fingerprint density at radius 3 is 2.89 bits per heavy atom. The van der Waals surface area contributed by atoms with Crippen LogP contribution in [-0.2, 0) is 6.42 Å². The van der Waals surface area contributed by atoms with Crippen LogP contribution >= 0.6 is 11.3 Å². The van der Waals surface area contributed by atoms with E-state index in [0.717, 1.165) is 17.1 Å². The molecule has 0 aliphatic heterocycles. The number of aryl methyl sites for hydroxylation is 2. The number of rotatable bonds is 4. The molecule has 0 saturated heterocycles. The van der Waals surface area contributed by atoms with Crippen LogP contribution in [0, 0.1) is 18.3 Å². The van der Waals surface area contributed by atoms with Gasteiger partial charge in [0, 0.05) is 16.8 Å². The topological polar surface area (TPSA) is 74.5 Å². The van der Waals surface area contributed by atoms with Crippen molar-refractivity contribution in [3.05, 3.63) is 33.5 Å². The SMILES string of the molecule is CCc1cnc(C(C)Nc2nc(C)cc(C#N)n2)s1. The molecule has 0 aliphatic carbocycles. The number of aromatic nitrogens is 3. The van der Waals surface area contributed by atoms with Crippen LogP contribution in [-0.4, -0.2) is 15.0 Å². The van der Waals surface area contributed by atoms with Crippen molar-refractivity contribution in [1.82, 2.24) is 15.0 Å². The Kier molecular flexibility index (Phi) is 4.07. The molecule has 2 aromatic rings. The minimum atomic E-state index is 0.0265. The summed E-state index contributed by atoms with van der Waals surface area (Å²) in [6, 6.07) is 3.72. The molecule has 0 bridgehead atoms. The van der Waals surface area contributed by atoms with Crippen molar-refractivity contribution < 1.29 is 0 Å². The van der Waals surface area contributed by atoms with Crippen molar-refractivity contribution in [2.75, 3.05) is 5.32 Å². The van der Waals surface area contributed by atoms with Gasteiger partial charge in [0.25, 0.3) is 0 Å². The van der Waals surface area contributed by atoms with E-state index in [1.165, 1.54) is 4.88 Å². The number of nitriles is 1. The second-order valence-corrected chi connectivity index (χ2v) is 5.36. The first-order valence-electron chi connectivity index (χ1n) is 6.09. The highest BCUT2D eigenvalue weighted by atomic mass is 32.1. The van der Waals surface area contributed by atoms with Crippen molar-refractivity contribution in [2.24, 2.45) is 0 Å². The molecule has 1 atom stereocenters. The fraction of sp³-hybridized carbons (Fsp3) is 0.385. The summed E-state index contributed by atoms with van der Waals surface area (Å²) in [5, 5.41) is 13.1. The van der Waals surface area contributed by atoms with E-state index in [1.54, 1.807) is 17.4 Å². The van der Waals surface area contributed by atoms with Crippen LogP contribution in [0.3, 0.4) is 0 Å². The Morgan fingerprint density at radius 1 is 1.47 bits per heavy atom. The molecule has 0 spiro atoms. The minimum Gasteiger partial charge on any atom is -0.345 e. The third-order valence-corrected chi connectivity index (χ3v) is 3.93. The maximum absolute atomic E-state index is 8.89. The second-order valence-electron chi connectivity index (χ2n) is 4.21. The molecule has 0 fully saturated rings. The lowest BCUT2D eigenvalue weighted by Gasteiger charge is -2.11. The van der Waals surface area contributed by atoms with Gasteiger partial charge in [0.2, 0.25) is 5.95 Å². The van der Waals surface area contributed by atoms with Crippen LogP contribution < -0.4 is 5.32 Å². The van der Waals surface area contributed by atoms with Gasteiger partial charge in [-0.15, -0.1) is 11.3 Å². The first-order chi connectivity index (χ1) is 9.12. The second kappa shape index (κ2) is 5.76. The van der Waals surface area contributed by atoms with Gasteiger partial charge < -0.3 is 5.32 Å². The number of thiazole rings is 1. The summed E-state index contributed by atoms with van der Waals surface area (Å²) < 4.78 is 0. The van der Waals surface area contributed by atoms with E-state index in [9.17, 15) is 0 Å². The third-order valence-electron chi connectivity index (χ3n) is 2.60. The highest BCUT2D eigenvalue weighted by Crippen LogP contribution is 2.22. The van der Waals surface area contributed by atoms with Crippen LogP contribution in [0.4, 0.5) is 5.95 Å². The smallest absolute Gasteiger partial charge is 0.224 e. The van der Waals surface area contributed by atoms with E-state index in [-0.39, 0.29) is 6.04 Å². The van der Waals surface area contributed by atoms with Crippen molar-refractivity contribution in [3.8, 4) is 6.07 Å². The number of nitrogens with zero attached hydrogens (tertiary/aromatic N) is 4. The molecule has 1 N–H and O–H groups in total. The van der Waals surface area contributed by atoms with E-state index in [2.05, 4.69) is 27.2 Å². The maximum atomic E-state index is 8.89. The summed E-state index contributed by atoms with van der Waals surface area (Å²) in [7, 11) is 0. The molecule has 0 amide bonds. The summed E-state index contributed by atoms with van der Waals surface area (Å²) in [5.41, 5.74) is 1.14. The Balaban J connectivity index is 2.16. The van der Waals surface area contributed by atoms with Crippen LogP contribution in [0.1, 0.15) is 41.2 Å². The van der Waals surface area contributed by atoms with Crippen LogP contribution in [0.25, 0.3) is 0 Å². The fourth-order valence-corrected chi connectivity index (χ4v) is 2.49. The van der Waals surface area contributed by atoms with E-state index < -0.39 is 0 Å². The zero-order valence-corrected chi connectivity index (χ0v) is 12.0. The normalized spacial score (nSPS) is 11.9. The molecule has 0 radical (unpaired) electrons. The zero-order chi connectivity index (χ0) is 13.8. The molecule has 0 aromatic carbocycles. The third kappa shape index (κ3) is 3.26. The summed E-state index contributed by atoms with van der Waals surface area (Å²) in [4.78, 5) is 14.1. The largest absolute Gasteiger partial charge is 0.345 e. The lowest BCUT2D eigenvalue weighted by atomic mass is 10.3. The van der Waals surface area contributed by atoms with Crippen molar-refractivity contribution >= 4 is 17.3 Å². The van der Waals surface area contributed by atoms with Crippen LogP contribution in [0.15, 0.2) is 12.3 Å². The highest BCUT2D eigenvalue weighted by molar-refractivity contribution is 7.11. The van der Waals surface area contributed by atoms with Crippen molar-refractivity contribution in [1.29, 1.82) is 5.26 Å². The summed E-state index contributed by atoms with van der Waals surface area (Å²) in [5.74, 6) is 0.470. The molecule has 5 nitrogen and oxygen atoms in total. The quantitative estimate of drug-likeness (QED) is 0.927. The number of hydrogen-bond acceptors (Lipinski definition) is 6. The van der Waals surface area contributed by atoms with Gasteiger partial charge in [-0.1, -0.05) is 6.92 Å². The lowest BCUT2D eigenvalue weighted by Crippen LogP contribution is -2.10. The van der Waals surface area contributed by atoms with Gasteiger partial charge in [-0.25, -0.2) is 15.0 Å². The predicted molar refractivity (Wildman–Crippen MR) is 75.0 cm³/mol. The van der Waals surface area contributed by atoms with Gasteiger partial charge in [-0.05, 0) is 26.3 Å². The number of anilines is 1. The summed E-state index contributed by atoms with van der Waals surface area (Å²) in [6.07, 6.45) is 2.89. The average Bonchev–Trinajstić information content (AvgIpc) is 2.86. The molecular weight excluding hydrogens is 258 g/mol. The minimum absolute atomic E-state index is 0.0265. The molecule has 2 rings (SSSR count). The van der Waals surface area contributed by atoms with Gasteiger partial charge in [-0.2, -0.15) is 5.26 Å². The van der Waals surface area contributed by atoms with Gasteiger partial charge in [0.05, 0.1) is 6.04 Å². The number of nitrogens with one attached hydrogen (secondary N) is 1. The first-order valence-corrected chi connectivity index (χ1v) is 6.91. The number of hydrogen-bond donors (Lipinski definition) is 1. The summed E-state index contributed by atoms with van der Waals surface area (Å²) >= 11 is 1.68. The van der Waals surface area contributed by atoms with Crippen LogP contribution in [0.5, 0.6) is 0 Å². The molecular formula is C13H15N5S. The molecule has 98 valence electrons. The fourth-order valence-electron chi connectivity index (χ4n) is 1.63. The van der Waals surface area contributed by atoms with Gasteiger partial charge in [0.15, 0.2) is 0 Å². The van der Waals surface area contributed by atoms with Gasteiger partial charge in [0.1, 0.15) is 16.8 Å². The molecule has 2 heterocycles. The Hall–Kier alpha value is -2.00. The first kappa shape index (κ1) is 13.4. The van der Waals surface area contributed by atoms with Crippen molar-refractivity contribution in [2.45, 2.75) is 33.2 Å². The molecule has 0 aliphatic rings. The summed E-state index contributed by atoms with van der Waals surface area (Å²) in [6.45, 7) is 5.96. The lowest BCUT2D eigenvalue weighted by molar-refractivity contribution is 0.843. The molecule has 2 aromatic heterocycles. The Labute approximate surface area is 116 Å². The Morgan fingerprint density at radius 2 is 2.26 bits per heavy atom.